The molecule has 196 valence electrons. The van der Waals surface area contributed by atoms with E-state index in [2.05, 4.69) is 15.3 Å². The van der Waals surface area contributed by atoms with Crippen LogP contribution >= 0.6 is 11.8 Å². The summed E-state index contributed by atoms with van der Waals surface area (Å²) >= 11 is 1.66. The lowest BCUT2D eigenvalue weighted by atomic mass is 10.0. The Labute approximate surface area is 226 Å². The van der Waals surface area contributed by atoms with Crippen LogP contribution in [-0.4, -0.2) is 37.4 Å². The lowest BCUT2D eigenvalue weighted by Crippen LogP contribution is -2.31. The van der Waals surface area contributed by atoms with Crippen molar-refractivity contribution < 1.29 is 19.4 Å². The van der Waals surface area contributed by atoms with E-state index < -0.39 is 6.29 Å². The summed E-state index contributed by atoms with van der Waals surface area (Å²) in [5, 5.41) is 13.3. The van der Waals surface area contributed by atoms with Gasteiger partial charge in [-0.2, -0.15) is 0 Å². The minimum atomic E-state index is -0.530. The second-order valence-electron chi connectivity index (χ2n) is 9.15. The molecule has 0 bridgehead atoms. The quantitative estimate of drug-likeness (QED) is 0.306. The minimum absolute atomic E-state index is 0.00943. The van der Waals surface area contributed by atoms with E-state index in [1.165, 1.54) is 0 Å². The van der Waals surface area contributed by atoms with Gasteiger partial charge in [0.05, 0.1) is 24.4 Å². The average molecular weight is 531 g/mol. The number of aliphatic hydroxyl groups excluding tert-OH is 1. The van der Waals surface area contributed by atoms with Crippen molar-refractivity contribution in [3.8, 4) is 0 Å². The van der Waals surface area contributed by atoms with Crippen molar-refractivity contribution >= 4 is 17.7 Å². The van der Waals surface area contributed by atoms with E-state index in [-0.39, 0.29) is 24.7 Å². The first-order valence-electron chi connectivity index (χ1n) is 12.5. The third-order valence-electron chi connectivity index (χ3n) is 6.42. The predicted molar refractivity (Wildman–Crippen MR) is 144 cm³/mol. The van der Waals surface area contributed by atoms with Crippen LogP contribution in [0, 0.1) is 0 Å². The highest BCUT2D eigenvalue weighted by atomic mass is 32.2. The predicted octanol–water partition coefficient (Wildman–Crippen LogP) is 4.58. The first-order chi connectivity index (χ1) is 18.6. The van der Waals surface area contributed by atoms with Crippen molar-refractivity contribution in [3.63, 3.8) is 0 Å². The number of hydrogen-bond acceptors (Lipinski definition) is 7. The van der Waals surface area contributed by atoms with Crippen molar-refractivity contribution in [2.24, 2.45) is 7.05 Å². The van der Waals surface area contributed by atoms with Crippen LogP contribution in [0.15, 0.2) is 90.6 Å². The summed E-state index contributed by atoms with van der Waals surface area (Å²) in [6.45, 7) is 0.415. The van der Waals surface area contributed by atoms with Gasteiger partial charge in [-0.05, 0) is 28.8 Å². The molecule has 5 rings (SSSR count). The molecule has 0 spiro atoms. The van der Waals surface area contributed by atoms with Gasteiger partial charge in [-0.3, -0.25) is 9.78 Å². The van der Waals surface area contributed by atoms with Gasteiger partial charge in [0, 0.05) is 56.1 Å². The molecule has 0 radical (unpaired) electrons. The number of pyridine rings is 1. The van der Waals surface area contributed by atoms with Crippen LogP contribution in [0.25, 0.3) is 0 Å². The lowest BCUT2D eigenvalue weighted by molar-refractivity contribution is -0.245. The molecule has 8 nitrogen and oxygen atoms in total. The number of ether oxygens (including phenoxy) is 2. The molecule has 3 unspecified atom stereocenters. The second-order valence-corrected chi connectivity index (χ2v) is 10.1. The fourth-order valence-electron chi connectivity index (χ4n) is 4.26. The van der Waals surface area contributed by atoms with Crippen molar-refractivity contribution in [3.05, 3.63) is 113 Å². The average Bonchev–Trinajstić information content (AvgIpc) is 3.39. The number of imidazole rings is 1. The van der Waals surface area contributed by atoms with E-state index in [0.717, 1.165) is 33.2 Å². The van der Waals surface area contributed by atoms with Crippen LogP contribution in [-0.2, 0) is 29.7 Å². The monoisotopic (exact) mass is 530 g/mol. The third kappa shape index (κ3) is 6.49. The zero-order valence-electron chi connectivity index (χ0n) is 21.1. The van der Waals surface area contributed by atoms with Gasteiger partial charge >= 0.3 is 0 Å². The Hall–Kier alpha value is -3.50. The van der Waals surface area contributed by atoms with Gasteiger partial charge < -0.3 is 24.5 Å². The van der Waals surface area contributed by atoms with Crippen molar-refractivity contribution in [2.45, 2.75) is 43.2 Å². The number of carbonyl (C=O) groups excluding carboxylic acids is 1. The second kappa shape index (κ2) is 12.4. The normalized spacial score (nSPS) is 19.3. The summed E-state index contributed by atoms with van der Waals surface area (Å²) in [7, 11) is 1.98. The number of hydrogen-bond donors (Lipinski definition) is 2. The topological polar surface area (TPSA) is 98.5 Å². The summed E-state index contributed by atoms with van der Waals surface area (Å²) in [5.74, 6) is 0.582. The number of aromatic nitrogens is 3. The van der Waals surface area contributed by atoms with E-state index in [9.17, 15) is 9.90 Å². The first-order valence-corrected chi connectivity index (χ1v) is 13.5. The number of aryl methyl sites for hydroxylation is 1. The number of rotatable bonds is 9. The maximum absolute atomic E-state index is 12.3. The molecule has 1 saturated heterocycles. The SMILES string of the molecule is Cn1ccnc1SCC1CC(c2ccc(CO)cc2)OC(c2ccc(CNC(=O)c3cccnc3)cc2)O1. The maximum atomic E-state index is 12.3. The van der Waals surface area contributed by atoms with Gasteiger partial charge in [0.15, 0.2) is 11.4 Å². The Kier molecular flexibility index (Phi) is 8.50. The molecule has 1 aliphatic heterocycles. The van der Waals surface area contributed by atoms with Crippen LogP contribution in [0.1, 0.15) is 51.4 Å². The fraction of sp³-hybridized carbons (Fsp3) is 0.276. The smallest absolute Gasteiger partial charge is 0.253 e. The van der Waals surface area contributed by atoms with Gasteiger partial charge in [0.25, 0.3) is 5.91 Å². The lowest BCUT2D eigenvalue weighted by Gasteiger charge is -2.36. The molecule has 3 heterocycles. The molecule has 2 aromatic heterocycles. The van der Waals surface area contributed by atoms with Gasteiger partial charge in [0.1, 0.15) is 0 Å². The fourth-order valence-corrected chi connectivity index (χ4v) is 5.20. The largest absolute Gasteiger partial charge is 0.392 e. The molecule has 0 saturated carbocycles. The standard InChI is InChI=1S/C29H30N4O4S/c1-33-14-13-31-29(33)38-19-25-15-26(22-8-6-21(18-34)7-9-22)37-28(36-25)23-10-4-20(5-11-23)16-32-27(35)24-3-2-12-30-17-24/h2-14,17,25-26,28,34H,15-16,18-19H2,1H3,(H,32,35). The van der Waals surface area contributed by atoms with E-state index in [4.69, 9.17) is 9.47 Å². The first kappa shape index (κ1) is 26.1. The zero-order chi connectivity index (χ0) is 26.3. The summed E-state index contributed by atoms with van der Waals surface area (Å²) in [5.41, 5.74) is 4.33. The molecule has 38 heavy (non-hydrogen) atoms. The number of thioether (sulfide) groups is 1. The molecule has 1 fully saturated rings. The van der Waals surface area contributed by atoms with Crippen LogP contribution in [0.3, 0.4) is 0 Å². The molecule has 1 amide bonds. The molecule has 4 aromatic rings. The number of carbonyl (C=O) groups is 1. The summed E-state index contributed by atoms with van der Waals surface area (Å²) in [6, 6.07) is 19.3. The number of benzene rings is 2. The van der Waals surface area contributed by atoms with Crippen molar-refractivity contribution in [1.82, 2.24) is 19.9 Å². The summed E-state index contributed by atoms with van der Waals surface area (Å²) in [6.07, 6.45) is 6.91. The van der Waals surface area contributed by atoms with E-state index in [1.807, 2.05) is 66.3 Å². The highest BCUT2D eigenvalue weighted by molar-refractivity contribution is 7.99. The van der Waals surface area contributed by atoms with Crippen molar-refractivity contribution in [2.75, 3.05) is 5.75 Å². The molecule has 1 aliphatic rings. The Morgan fingerprint density at radius 1 is 1.05 bits per heavy atom. The number of nitrogens with zero attached hydrogens (tertiary/aromatic N) is 3. The minimum Gasteiger partial charge on any atom is -0.392 e. The zero-order valence-corrected chi connectivity index (χ0v) is 21.9. The highest BCUT2D eigenvalue weighted by Gasteiger charge is 2.32. The number of amides is 1. The summed E-state index contributed by atoms with van der Waals surface area (Å²) in [4.78, 5) is 20.7. The Morgan fingerprint density at radius 2 is 1.82 bits per heavy atom. The Morgan fingerprint density at radius 3 is 2.50 bits per heavy atom. The van der Waals surface area contributed by atoms with Gasteiger partial charge in [-0.1, -0.05) is 60.3 Å². The molecular weight excluding hydrogens is 500 g/mol. The van der Waals surface area contributed by atoms with Crippen LogP contribution in [0.2, 0.25) is 0 Å². The molecule has 2 N–H and O–H groups in total. The molecule has 0 aliphatic carbocycles. The Bertz CT molecular complexity index is 1330. The van der Waals surface area contributed by atoms with E-state index in [0.29, 0.717) is 18.5 Å². The molecule has 3 atom stereocenters. The van der Waals surface area contributed by atoms with E-state index in [1.54, 1.807) is 42.5 Å². The van der Waals surface area contributed by atoms with Gasteiger partial charge in [-0.25, -0.2) is 4.98 Å². The van der Waals surface area contributed by atoms with Crippen molar-refractivity contribution in [1.29, 1.82) is 0 Å². The van der Waals surface area contributed by atoms with Crippen LogP contribution in [0.5, 0.6) is 0 Å². The molecule has 2 aromatic carbocycles. The Balaban J connectivity index is 1.27. The van der Waals surface area contributed by atoms with Crippen LogP contribution in [0.4, 0.5) is 0 Å². The molecule has 9 heteroatoms. The van der Waals surface area contributed by atoms with Crippen LogP contribution < -0.4 is 5.32 Å². The summed E-state index contributed by atoms with van der Waals surface area (Å²) < 4.78 is 14.8. The van der Waals surface area contributed by atoms with Gasteiger partial charge in [-0.15, -0.1) is 0 Å². The highest BCUT2D eigenvalue weighted by Crippen LogP contribution is 2.39. The number of aliphatic hydroxyl groups is 1. The van der Waals surface area contributed by atoms with E-state index >= 15 is 0 Å². The molecular formula is C29H30N4O4S. The van der Waals surface area contributed by atoms with Gasteiger partial charge in [0.2, 0.25) is 0 Å². The number of nitrogens with one attached hydrogen (secondary N) is 1. The third-order valence-corrected chi connectivity index (χ3v) is 7.61. The maximum Gasteiger partial charge on any atom is 0.253 e.